The van der Waals surface area contributed by atoms with Crippen molar-refractivity contribution in [1.82, 2.24) is 4.72 Å². The molecular formula is C10H11FN2O7S. The zero-order chi connectivity index (χ0) is 16.2. The molecule has 0 aromatic heterocycles. The van der Waals surface area contributed by atoms with E-state index in [0.717, 1.165) is 7.11 Å². The Morgan fingerprint density at radius 3 is 2.62 bits per heavy atom. The molecule has 0 aliphatic heterocycles. The zero-order valence-electron chi connectivity index (χ0n) is 10.7. The second-order valence-electron chi connectivity index (χ2n) is 3.76. The van der Waals surface area contributed by atoms with Crippen LogP contribution >= 0.6 is 0 Å². The Labute approximate surface area is 118 Å². The number of benzene rings is 1. The predicted molar refractivity (Wildman–Crippen MR) is 67.0 cm³/mol. The molecule has 1 rings (SSSR count). The standard InChI is InChI=1S/C10H11FN2O7S/c1-20-10-7(11)4-6(5-8(10)13(16)17)21(18,19)12-3-2-9(14)15/h4-5,12H,2-3H2,1H3,(H,14,15). The number of carboxylic acids is 1. The van der Waals surface area contributed by atoms with Gasteiger partial charge in [-0.05, 0) is 6.07 Å². The Kier molecular flexibility index (Phi) is 5.16. The van der Waals surface area contributed by atoms with Crippen LogP contribution in [0.3, 0.4) is 0 Å². The minimum atomic E-state index is -4.27. The number of carboxylic acid groups (broad SMARTS) is 1. The molecule has 1 aromatic carbocycles. The van der Waals surface area contributed by atoms with Gasteiger partial charge >= 0.3 is 11.7 Å². The summed E-state index contributed by atoms with van der Waals surface area (Å²) >= 11 is 0. The first-order valence-corrected chi connectivity index (χ1v) is 6.90. The lowest BCUT2D eigenvalue weighted by Gasteiger charge is -2.08. The minimum Gasteiger partial charge on any atom is -0.488 e. The molecular weight excluding hydrogens is 311 g/mol. The van der Waals surface area contributed by atoms with Crippen LogP contribution < -0.4 is 9.46 Å². The first-order chi connectivity index (χ1) is 9.69. The lowest BCUT2D eigenvalue weighted by molar-refractivity contribution is -0.386. The summed E-state index contributed by atoms with van der Waals surface area (Å²) in [5.74, 6) is -3.14. The van der Waals surface area contributed by atoms with Crippen molar-refractivity contribution in [2.45, 2.75) is 11.3 Å². The molecule has 11 heteroatoms. The molecule has 116 valence electrons. The van der Waals surface area contributed by atoms with E-state index < -0.39 is 56.0 Å². The third-order valence-corrected chi connectivity index (χ3v) is 3.78. The Hall–Kier alpha value is -2.27. The van der Waals surface area contributed by atoms with Crippen molar-refractivity contribution in [3.63, 3.8) is 0 Å². The van der Waals surface area contributed by atoms with Crippen LogP contribution in [0.1, 0.15) is 6.42 Å². The molecule has 0 spiro atoms. The normalized spacial score (nSPS) is 11.1. The van der Waals surface area contributed by atoms with E-state index >= 15 is 0 Å². The van der Waals surface area contributed by atoms with E-state index in [4.69, 9.17) is 5.11 Å². The van der Waals surface area contributed by atoms with Gasteiger partial charge in [-0.2, -0.15) is 0 Å². The number of methoxy groups -OCH3 is 1. The number of hydrogen-bond acceptors (Lipinski definition) is 6. The zero-order valence-corrected chi connectivity index (χ0v) is 11.5. The first-order valence-electron chi connectivity index (χ1n) is 5.42. The minimum absolute atomic E-state index is 0.431. The smallest absolute Gasteiger partial charge is 0.315 e. The van der Waals surface area contributed by atoms with Crippen molar-refractivity contribution >= 4 is 21.7 Å². The number of halogens is 1. The SMILES string of the molecule is COc1c(F)cc(S(=O)(=O)NCCC(=O)O)cc1[N+](=O)[O-]. The van der Waals surface area contributed by atoms with Crippen LogP contribution in [0.15, 0.2) is 17.0 Å². The highest BCUT2D eigenvalue weighted by Crippen LogP contribution is 2.32. The maximum atomic E-state index is 13.6. The molecule has 9 nitrogen and oxygen atoms in total. The molecule has 21 heavy (non-hydrogen) atoms. The van der Waals surface area contributed by atoms with Gasteiger partial charge in [0.1, 0.15) is 0 Å². The van der Waals surface area contributed by atoms with Gasteiger partial charge in [0.25, 0.3) is 0 Å². The second kappa shape index (κ2) is 6.45. The van der Waals surface area contributed by atoms with Crippen molar-refractivity contribution in [2.24, 2.45) is 0 Å². The maximum absolute atomic E-state index is 13.6. The van der Waals surface area contributed by atoms with Crippen LogP contribution in [0.4, 0.5) is 10.1 Å². The van der Waals surface area contributed by atoms with E-state index in [1.54, 1.807) is 0 Å². The van der Waals surface area contributed by atoms with E-state index in [-0.39, 0.29) is 0 Å². The predicted octanol–water partition coefficient (Wildman–Crippen LogP) is 0.496. The molecule has 0 aliphatic carbocycles. The molecule has 0 heterocycles. The Morgan fingerprint density at radius 2 is 2.14 bits per heavy atom. The van der Waals surface area contributed by atoms with E-state index in [1.165, 1.54) is 0 Å². The lowest BCUT2D eigenvalue weighted by atomic mass is 10.3. The number of nitrogens with zero attached hydrogens (tertiary/aromatic N) is 1. The summed E-state index contributed by atoms with van der Waals surface area (Å²) < 4.78 is 43.7. The van der Waals surface area contributed by atoms with E-state index in [0.29, 0.717) is 12.1 Å². The van der Waals surface area contributed by atoms with Gasteiger partial charge in [0.05, 0.1) is 23.3 Å². The van der Waals surface area contributed by atoms with E-state index in [2.05, 4.69) is 4.74 Å². The molecule has 0 saturated heterocycles. The third-order valence-electron chi connectivity index (χ3n) is 2.34. The summed E-state index contributed by atoms with van der Waals surface area (Å²) in [4.78, 5) is 19.4. The quantitative estimate of drug-likeness (QED) is 0.551. The summed E-state index contributed by atoms with van der Waals surface area (Å²) in [5, 5.41) is 19.2. The van der Waals surface area contributed by atoms with Crippen molar-refractivity contribution in [2.75, 3.05) is 13.7 Å². The number of sulfonamides is 1. The molecule has 0 bridgehead atoms. The third kappa shape index (κ3) is 4.10. The van der Waals surface area contributed by atoms with Crippen molar-refractivity contribution < 1.29 is 32.4 Å². The maximum Gasteiger partial charge on any atom is 0.315 e. The number of nitrogens with one attached hydrogen (secondary N) is 1. The summed E-state index contributed by atoms with van der Waals surface area (Å²) in [6.45, 7) is -0.431. The number of aliphatic carboxylic acids is 1. The molecule has 0 fully saturated rings. The van der Waals surface area contributed by atoms with Crippen LogP contribution in [0, 0.1) is 15.9 Å². The van der Waals surface area contributed by atoms with Gasteiger partial charge in [-0.15, -0.1) is 0 Å². The summed E-state index contributed by atoms with van der Waals surface area (Å²) in [6, 6.07) is 1.18. The van der Waals surface area contributed by atoms with Crippen molar-refractivity contribution in [1.29, 1.82) is 0 Å². The molecule has 1 aromatic rings. The lowest BCUT2D eigenvalue weighted by Crippen LogP contribution is -2.26. The molecule has 2 N–H and O–H groups in total. The number of rotatable bonds is 7. The van der Waals surface area contributed by atoms with Crippen molar-refractivity contribution in [3.05, 3.63) is 28.1 Å². The molecule has 0 aliphatic rings. The van der Waals surface area contributed by atoms with Crippen LogP contribution in [0.25, 0.3) is 0 Å². The largest absolute Gasteiger partial charge is 0.488 e. The average Bonchev–Trinajstić information content (AvgIpc) is 2.36. The Morgan fingerprint density at radius 1 is 1.52 bits per heavy atom. The van der Waals surface area contributed by atoms with Crippen molar-refractivity contribution in [3.8, 4) is 5.75 Å². The highest BCUT2D eigenvalue weighted by Gasteiger charge is 2.26. The number of nitro benzene ring substituents is 1. The molecule has 0 atom stereocenters. The second-order valence-corrected chi connectivity index (χ2v) is 5.52. The van der Waals surface area contributed by atoms with Gasteiger partial charge in [-0.25, -0.2) is 17.5 Å². The highest BCUT2D eigenvalue weighted by atomic mass is 32.2. The monoisotopic (exact) mass is 322 g/mol. The number of carbonyl (C=O) groups is 1. The van der Waals surface area contributed by atoms with Gasteiger partial charge < -0.3 is 9.84 Å². The fourth-order valence-electron chi connectivity index (χ4n) is 1.42. The Balaban J connectivity index is 3.18. The van der Waals surface area contributed by atoms with Crippen LogP contribution in [-0.2, 0) is 14.8 Å². The number of ether oxygens (including phenoxy) is 1. The number of hydrogen-bond donors (Lipinski definition) is 2. The Bertz CT molecular complexity index is 674. The highest BCUT2D eigenvalue weighted by molar-refractivity contribution is 7.89. The summed E-state index contributed by atoms with van der Waals surface area (Å²) in [7, 11) is -3.27. The van der Waals surface area contributed by atoms with Gasteiger partial charge in [-0.3, -0.25) is 14.9 Å². The first kappa shape index (κ1) is 16.8. The van der Waals surface area contributed by atoms with Gasteiger partial charge in [0, 0.05) is 12.6 Å². The molecule has 0 saturated carbocycles. The van der Waals surface area contributed by atoms with Gasteiger partial charge in [0.15, 0.2) is 5.82 Å². The molecule has 0 unspecified atom stereocenters. The van der Waals surface area contributed by atoms with E-state index in [1.807, 2.05) is 4.72 Å². The van der Waals surface area contributed by atoms with Crippen LogP contribution in [0.5, 0.6) is 5.75 Å². The van der Waals surface area contributed by atoms with Gasteiger partial charge in [-0.1, -0.05) is 0 Å². The van der Waals surface area contributed by atoms with Gasteiger partial charge in [0.2, 0.25) is 15.8 Å². The fourth-order valence-corrected chi connectivity index (χ4v) is 2.49. The summed E-state index contributed by atoms with van der Waals surface area (Å²) in [6.07, 6.45) is -0.486. The van der Waals surface area contributed by atoms with E-state index in [9.17, 15) is 27.7 Å². The van der Waals surface area contributed by atoms with Crippen LogP contribution in [-0.4, -0.2) is 38.1 Å². The molecule has 0 radical (unpaired) electrons. The number of nitro groups is 1. The van der Waals surface area contributed by atoms with Crippen LogP contribution in [0.2, 0.25) is 0 Å². The topological polar surface area (TPSA) is 136 Å². The molecule has 0 amide bonds. The fraction of sp³-hybridized carbons (Fsp3) is 0.300. The summed E-state index contributed by atoms with van der Waals surface area (Å²) in [5.41, 5.74) is -0.851. The average molecular weight is 322 g/mol.